The number of carbonyl (C=O) groups excluding carboxylic acids is 1. The van der Waals surface area contributed by atoms with Crippen LogP contribution in [-0.4, -0.2) is 42.8 Å². The fourth-order valence-electron chi connectivity index (χ4n) is 2.84. The molecular weight excluding hydrogens is 470 g/mol. The molecule has 6 nitrogen and oxygen atoms in total. The van der Waals surface area contributed by atoms with Crippen LogP contribution in [0.5, 0.6) is 0 Å². The molecule has 30 heavy (non-hydrogen) atoms. The Bertz CT molecular complexity index is 1000. The second kappa shape index (κ2) is 9.07. The quantitative estimate of drug-likeness (QED) is 0.246. The lowest BCUT2D eigenvalue weighted by molar-refractivity contribution is -0.114. The Balaban J connectivity index is 1.86. The molecule has 0 saturated carbocycles. The molecule has 1 heterocycles. The number of hydrazone groups is 1. The summed E-state index contributed by atoms with van der Waals surface area (Å²) in [5.41, 5.74) is 0.481. The van der Waals surface area contributed by atoms with Gasteiger partial charge in [-0.05, 0) is 44.2 Å². The standard InChI is InChI=1S/C19H17Cl2FN4O2S2/c1-19(2)16(26(28)17(27)24-12-6-3-5-11(20)9-12)25(18(29)30-19)23-10-13-14(21)7-4-8-15(13)22/h3-10,16,28H,1-2H3,(H,24,27)/b23-10+. The van der Waals surface area contributed by atoms with Gasteiger partial charge < -0.3 is 5.32 Å². The first-order valence-corrected chi connectivity index (χ1v) is 10.6. The number of hydrogen-bond donors (Lipinski definition) is 2. The van der Waals surface area contributed by atoms with Crippen LogP contribution in [0.4, 0.5) is 14.9 Å². The van der Waals surface area contributed by atoms with Gasteiger partial charge in [-0.25, -0.2) is 14.2 Å². The fourth-order valence-corrected chi connectivity index (χ4v) is 5.03. The molecule has 1 aliphatic rings. The van der Waals surface area contributed by atoms with E-state index in [0.717, 1.165) is 0 Å². The average Bonchev–Trinajstić information content (AvgIpc) is 2.88. The Labute approximate surface area is 192 Å². The van der Waals surface area contributed by atoms with Gasteiger partial charge in [0.05, 0.1) is 16.0 Å². The van der Waals surface area contributed by atoms with Crippen LogP contribution in [0.25, 0.3) is 0 Å². The molecule has 0 spiro atoms. The first kappa shape index (κ1) is 22.8. The van der Waals surface area contributed by atoms with Crippen LogP contribution in [-0.2, 0) is 0 Å². The van der Waals surface area contributed by atoms with Crippen LogP contribution in [0.15, 0.2) is 47.6 Å². The molecule has 2 N–H and O–H groups in total. The van der Waals surface area contributed by atoms with Crippen LogP contribution >= 0.6 is 47.2 Å². The summed E-state index contributed by atoms with van der Waals surface area (Å²) in [7, 11) is 0. The van der Waals surface area contributed by atoms with E-state index in [0.29, 0.717) is 20.1 Å². The third kappa shape index (κ3) is 4.87. The van der Waals surface area contributed by atoms with Crippen molar-refractivity contribution in [1.82, 2.24) is 10.1 Å². The number of anilines is 1. The summed E-state index contributed by atoms with van der Waals surface area (Å²) in [5, 5.41) is 19.9. The van der Waals surface area contributed by atoms with Crippen LogP contribution < -0.4 is 5.32 Å². The number of hydroxylamine groups is 2. The second-order valence-corrected chi connectivity index (χ2v) is 9.99. The molecule has 158 valence electrons. The molecule has 11 heteroatoms. The molecular formula is C19H17Cl2FN4O2S2. The first-order valence-electron chi connectivity index (χ1n) is 8.65. The number of urea groups is 1. The van der Waals surface area contributed by atoms with Crippen molar-refractivity contribution in [1.29, 1.82) is 0 Å². The number of rotatable bonds is 4. The highest BCUT2D eigenvalue weighted by Crippen LogP contribution is 2.42. The SMILES string of the molecule is CC1(C)SC(=S)N(/N=C/c2c(F)cccc2Cl)C1N(O)C(=O)Nc1cccc(Cl)c1. The zero-order valence-corrected chi connectivity index (χ0v) is 19.0. The molecule has 2 amide bonds. The lowest BCUT2D eigenvalue weighted by atomic mass is 10.1. The van der Waals surface area contributed by atoms with Gasteiger partial charge in [-0.3, -0.25) is 5.21 Å². The van der Waals surface area contributed by atoms with Crippen molar-refractivity contribution >= 4 is 69.4 Å². The van der Waals surface area contributed by atoms with Crippen molar-refractivity contribution in [3.05, 3.63) is 63.9 Å². The van der Waals surface area contributed by atoms with Crippen molar-refractivity contribution in [3.8, 4) is 0 Å². The average molecular weight is 487 g/mol. The van der Waals surface area contributed by atoms with Crippen molar-refractivity contribution in [2.45, 2.75) is 24.8 Å². The highest BCUT2D eigenvalue weighted by molar-refractivity contribution is 8.24. The van der Waals surface area contributed by atoms with Gasteiger partial charge in [0.25, 0.3) is 0 Å². The molecule has 0 aromatic heterocycles. The number of nitrogens with zero attached hydrogens (tertiary/aromatic N) is 3. The predicted molar refractivity (Wildman–Crippen MR) is 123 cm³/mol. The minimum atomic E-state index is -0.962. The van der Waals surface area contributed by atoms with E-state index in [1.54, 1.807) is 38.1 Å². The first-order chi connectivity index (χ1) is 14.1. The van der Waals surface area contributed by atoms with Crippen LogP contribution in [0, 0.1) is 5.82 Å². The number of carbonyl (C=O) groups is 1. The van der Waals surface area contributed by atoms with Crippen LogP contribution in [0.1, 0.15) is 19.4 Å². The molecule has 1 unspecified atom stereocenters. The molecule has 0 bridgehead atoms. The number of benzene rings is 2. The van der Waals surface area contributed by atoms with E-state index >= 15 is 0 Å². The summed E-state index contributed by atoms with van der Waals surface area (Å²) < 4.78 is 13.7. The van der Waals surface area contributed by atoms with Gasteiger partial charge >= 0.3 is 6.03 Å². The number of nitrogens with one attached hydrogen (secondary N) is 1. The Kier molecular flexibility index (Phi) is 6.88. The highest BCUT2D eigenvalue weighted by Gasteiger charge is 2.50. The molecule has 0 aliphatic carbocycles. The third-order valence-corrected chi connectivity index (χ3v) is 6.32. The van der Waals surface area contributed by atoms with Gasteiger partial charge in [-0.1, -0.05) is 59.3 Å². The molecule has 0 radical (unpaired) electrons. The van der Waals surface area contributed by atoms with E-state index < -0.39 is 22.8 Å². The summed E-state index contributed by atoms with van der Waals surface area (Å²) in [6, 6.07) is 9.96. The van der Waals surface area contributed by atoms with Gasteiger partial charge in [0, 0.05) is 16.3 Å². The number of amides is 2. The Morgan fingerprint density at radius 3 is 2.73 bits per heavy atom. The zero-order valence-electron chi connectivity index (χ0n) is 15.8. The summed E-state index contributed by atoms with van der Waals surface area (Å²) in [5.74, 6) is -0.556. The second-order valence-electron chi connectivity index (χ2n) is 6.85. The lowest BCUT2D eigenvalue weighted by Crippen LogP contribution is -2.54. The van der Waals surface area contributed by atoms with Gasteiger partial charge in [0.1, 0.15) is 5.82 Å². The lowest BCUT2D eigenvalue weighted by Gasteiger charge is -2.34. The Hall–Kier alpha value is -1.91. The number of halogens is 3. The molecule has 1 saturated heterocycles. The summed E-state index contributed by atoms with van der Waals surface area (Å²) in [6.45, 7) is 3.60. The topological polar surface area (TPSA) is 68.2 Å². The molecule has 1 aliphatic heterocycles. The Morgan fingerprint density at radius 2 is 2.07 bits per heavy atom. The zero-order chi connectivity index (χ0) is 22.1. The van der Waals surface area contributed by atoms with Gasteiger partial charge in [-0.15, -0.1) is 0 Å². The van der Waals surface area contributed by atoms with E-state index in [1.807, 2.05) is 0 Å². The van der Waals surface area contributed by atoms with Crippen molar-refractivity contribution < 1.29 is 14.4 Å². The van der Waals surface area contributed by atoms with E-state index in [2.05, 4.69) is 10.4 Å². The molecule has 1 fully saturated rings. The molecule has 2 aromatic carbocycles. The number of hydrogen-bond acceptors (Lipinski definition) is 5. The smallest absolute Gasteiger partial charge is 0.306 e. The van der Waals surface area contributed by atoms with Gasteiger partial charge in [-0.2, -0.15) is 10.2 Å². The van der Waals surface area contributed by atoms with E-state index in [4.69, 9.17) is 35.4 Å². The van der Waals surface area contributed by atoms with E-state index in [9.17, 15) is 14.4 Å². The highest BCUT2D eigenvalue weighted by atomic mass is 35.5. The van der Waals surface area contributed by atoms with E-state index in [-0.39, 0.29) is 10.6 Å². The van der Waals surface area contributed by atoms with Crippen LogP contribution in [0.2, 0.25) is 10.0 Å². The minimum Gasteiger partial charge on any atom is -0.306 e. The molecule has 2 aromatic rings. The molecule has 3 rings (SSSR count). The predicted octanol–water partition coefficient (Wildman–Crippen LogP) is 5.83. The normalized spacial score (nSPS) is 18.1. The number of thioether (sulfide) groups is 1. The molecule has 1 atom stereocenters. The largest absolute Gasteiger partial charge is 0.347 e. The van der Waals surface area contributed by atoms with E-state index in [1.165, 1.54) is 41.2 Å². The van der Waals surface area contributed by atoms with Crippen molar-refractivity contribution in [2.75, 3.05) is 5.32 Å². The minimum absolute atomic E-state index is 0.0725. The van der Waals surface area contributed by atoms with Gasteiger partial charge in [0.15, 0.2) is 10.5 Å². The summed E-state index contributed by atoms with van der Waals surface area (Å²) in [6.07, 6.45) is 0.248. The fraction of sp³-hybridized carbons (Fsp3) is 0.211. The monoisotopic (exact) mass is 486 g/mol. The van der Waals surface area contributed by atoms with Gasteiger partial charge in [0.2, 0.25) is 0 Å². The summed E-state index contributed by atoms with van der Waals surface area (Å²) >= 11 is 18.6. The maximum absolute atomic E-state index is 14.1. The maximum atomic E-state index is 14.1. The van der Waals surface area contributed by atoms with Crippen molar-refractivity contribution in [2.24, 2.45) is 5.10 Å². The Morgan fingerprint density at radius 1 is 1.37 bits per heavy atom. The van der Waals surface area contributed by atoms with Crippen LogP contribution in [0.3, 0.4) is 0 Å². The maximum Gasteiger partial charge on any atom is 0.347 e. The van der Waals surface area contributed by atoms with Crippen molar-refractivity contribution in [3.63, 3.8) is 0 Å². The number of thiocarbonyl (C=S) groups is 1. The summed E-state index contributed by atoms with van der Waals surface area (Å²) in [4.78, 5) is 12.6. The third-order valence-electron chi connectivity index (χ3n) is 4.22.